The summed E-state index contributed by atoms with van der Waals surface area (Å²) in [4.78, 5) is 12.6. The van der Waals surface area contributed by atoms with Gasteiger partial charge in [0.15, 0.2) is 5.76 Å². The fourth-order valence-electron chi connectivity index (χ4n) is 3.05. The van der Waals surface area contributed by atoms with Crippen LogP contribution in [0.25, 0.3) is 0 Å². The van der Waals surface area contributed by atoms with Gasteiger partial charge in [-0.1, -0.05) is 12.1 Å². The molecule has 1 N–H and O–H groups in total. The molecule has 2 heterocycles. The number of carbonyl (C=O) groups excluding carboxylic acids is 1. The monoisotopic (exact) mass is 417 g/mol. The number of hydrogen-bond donors (Lipinski definition) is 1. The first-order valence-corrected chi connectivity index (χ1v) is 10.0. The Balaban J connectivity index is 1.33. The zero-order valence-corrected chi connectivity index (χ0v) is 17.2. The molecule has 0 aliphatic heterocycles. The first-order chi connectivity index (χ1) is 15.2. The van der Waals surface area contributed by atoms with Gasteiger partial charge in [0, 0.05) is 18.1 Å². The summed E-state index contributed by atoms with van der Waals surface area (Å²) in [5.74, 6) is 1.96. The second kappa shape index (κ2) is 9.67. The Bertz CT molecular complexity index is 1120. The van der Waals surface area contributed by atoms with Gasteiger partial charge in [0.05, 0.1) is 13.2 Å². The molecule has 4 aromatic rings. The molecule has 0 atom stereocenters. The summed E-state index contributed by atoms with van der Waals surface area (Å²) >= 11 is 0. The lowest BCUT2D eigenvalue weighted by Gasteiger charge is -2.07. The highest BCUT2D eigenvalue weighted by molar-refractivity contribution is 6.02. The number of amides is 1. The molecule has 158 valence electrons. The van der Waals surface area contributed by atoms with Gasteiger partial charge in [0.1, 0.15) is 23.9 Å². The van der Waals surface area contributed by atoms with Crippen LogP contribution in [0.3, 0.4) is 0 Å². The molecule has 0 bridgehead atoms. The van der Waals surface area contributed by atoms with Crippen LogP contribution in [0.4, 0.5) is 5.69 Å². The average Bonchev–Trinajstić information content (AvgIpc) is 3.46. The van der Waals surface area contributed by atoms with Gasteiger partial charge in [-0.2, -0.15) is 5.10 Å². The largest absolute Gasteiger partial charge is 0.494 e. The topological polar surface area (TPSA) is 78.5 Å². The summed E-state index contributed by atoms with van der Waals surface area (Å²) in [6.45, 7) is 3.41. The minimum absolute atomic E-state index is 0.223. The summed E-state index contributed by atoms with van der Waals surface area (Å²) in [5, 5.41) is 7.07. The molecule has 0 saturated carbocycles. The van der Waals surface area contributed by atoms with Crippen LogP contribution in [0, 0.1) is 0 Å². The summed E-state index contributed by atoms with van der Waals surface area (Å²) in [5.41, 5.74) is 1.73. The fourth-order valence-corrected chi connectivity index (χ4v) is 3.05. The van der Waals surface area contributed by atoms with Crippen molar-refractivity contribution in [2.75, 3.05) is 11.9 Å². The van der Waals surface area contributed by atoms with Crippen molar-refractivity contribution in [2.45, 2.75) is 20.1 Å². The zero-order chi connectivity index (χ0) is 21.5. The molecule has 0 radical (unpaired) electrons. The molecular formula is C24H23N3O4. The lowest BCUT2D eigenvalue weighted by Crippen LogP contribution is -2.11. The van der Waals surface area contributed by atoms with Crippen molar-refractivity contribution in [3.05, 3.63) is 96.2 Å². The number of anilines is 1. The van der Waals surface area contributed by atoms with Crippen LogP contribution < -0.4 is 14.8 Å². The molecule has 0 saturated heterocycles. The van der Waals surface area contributed by atoms with Crippen LogP contribution in [-0.2, 0) is 13.2 Å². The van der Waals surface area contributed by atoms with E-state index in [0.29, 0.717) is 30.3 Å². The summed E-state index contributed by atoms with van der Waals surface area (Å²) in [6, 6.07) is 20.2. The maximum absolute atomic E-state index is 12.6. The second-order valence-electron chi connectivity index (χ2n) is 6.82. The minimum atomic E-state index is -0.316. The van der Waals surface area contributed by atoms with Crippen LogP contribution >= 0.6 is 0 Å². The molecule has 0 unspecified atom stereocenters. The number of nitrogens with one attached hydrogen (secondary N) is 1. The van der Waals surface area contributed by atoms with E-state index >= 15 is 0 Å². The molecule has 1 amide bonds. The van der Waals surface area contributed by atoms with E-state index < -0.39 is 0 Å². The highest BCUT2D eigenvalue weighted by Gasteiger charge is 2.12. The van der Waals surface area contributed by atoms with Crippen LogP contribution in [0.15, 0.2) is 83.5 Å². The Morgan fingerprint density at radius 1 is 1.03 bits per heavy atom. The molecule has 0 aliphatic rings. The number of furan rings is 1. The van der Waals surface area contributed by atoms with Crippen LogP contribution in [-0.4, -0.2) is 22.3 Å². The first-order valence-electron chi connectivity index (χ1n) is 10.0. The van der Waals surface area contributed by atoms with Gasteiger partial charge in [-0.3, -0.25) is 9.48 Å². The van der Waals surface area contributed by atoms with E-state index in [9.17, 15) is 4.79 Å². The summed E-state index contributed by atoms with van der Waals surface area (Å²) in [6.07, 6.45) is 3.63. The van der Waals surface area contributed by atoms with Crippen molar-refractivity contribution in [1.82, 2.24) is 9.78 Å². The maximum Gasteiger partial charge on any atom is 0.291 e. The van der Waals surface area contributed by atoms with Crippen molar-refractivity contribution in [3.8, 4) is 11.5 Å². The van der Waals surface area contributed by atoms with Crippen LogP contribution in [0.1, 0.15) is 28.8 Å². The molecule has 0 spiro atoms. The SMILES string of the molecule is CCOc1ccc(OCc2ccc(C(=O)Nc3cccc(Cn4cccn4)c3)o2)cc1. The standard InChI is InChI=1S/C24H23N3O4/c1-2-29-20-7-9-21(10-8-20)30-17-22-11-12-23(31-22)24(28)26-19-6-3-5-18(15-19)16-27-14-4-13-25-27/h3-15H,2,16-17H2,1H3,(H,26,28). The lowest BCUT2D eigenvalue weighted by atomic mass is 10.2. The molecule has 2 aromatic heterocycles. The number of aromatic nitrogens is 2. The van der Waals surface area contributed by atoms with Gasteiger partial charge in [-0.15, -0.1) is 0 Å². The lowest BCUT2D eigenvalue weighted by molar-refractivity contribution is 0.0992. The average molecular weight is 417 g/mol. The van der Waals surface area contributed by atoms with Crippen molar-refractivity contribution in [3.63, 3.8) is 0 Å². The predicted octanol–water partition coefficient (Wildman–Crippen LogP) is 4.75. The number of ether oxygens (including phenoxy) is 2. The van der Waals surface area contributed by atoms with E-state index in [2.05, 4.69) is 10.4 Å². The van der Waals surface area contributed by atoms with Crippen molar-refractivity contribution in [1.29, 1.82) is 0 Å². The Kier molecular flexibility index (Phi) is 6.32. The minimum Gasteiger partial charge on any atom is -0.494 e. The number of carbonyl (C=O) groups is 1. The molecule has 31 heavy (non-hydrogen) atoms. The van der Waals surface area contributed by atoms with E-state index in [1.54, 1.807) is 18.3 Å². The third-order valence-electron chi connectivity index (χ3n) is 4.49. The molecule has 7 heteroatoms. The van der Waals surface area contributed by atoms with Gasteiger partial charge in [-0.05, 0) is 67.1 Å². The Morgan fingerprint density at radius 3 is 2.58 bits per heavy atom. The highest BCUT2D eigenvalue weighted by atomic mass is 16.5. The third-order valence-corrected chi connectivity index (χ3v) is 4.49. The van der Waals surface area contributed by atoms with E-state index in [0.717, 1.165) is 11.3 Å². The smallest absolute Gasteiger partial charge is 0.291 e. The molecule has 4 rings (SSSR count). The van der Waals surface area contributed by atoms with E-state index in [1.807, 2.05) is 72.4 Å². The second-order valence-corrected chi connectivity index (χ2v) is 6.82. The Labute approximate surface area is 180 Å². The number of nitrogens with zero attached hydrogens (tertiary/aromatic N) is 2. The highest BCUT2D eigenvalue weighted by Crippen LogP contribution is 2.20. The van der Waals surface area contributed by atoms with Crippen molar-refractivity contribution in [2.24, 2.45) is 0 Å². The molecular weight excluding hydrogens is 394 g/mol. The summed E-state index contributed by atoms with van der Waals surface area (Å²) < 4.78 is 18.6. The van der Waals surface area contributed by atoms with E-state index in [4.69, 9.17) is 13.9 Å². The molecule has 0 aliphatic carbocycles. The molecule has 2 aromatic carbocycles. The maximum atomic E-state index is 12.6. The fraction of sp³-hybridized carbons (Fsp3) is 0.167. The van der Waals surface area contributed by atoms with Crippen molar-refractivity contribution >= 4 is 11.6 Å². The first kappa shape index (κ1) is 20.3. The Hall–Kier alpha value is -4.00. The third kappa shape index (κ3) is 5.54. The van der Waals surface area contributed by atoms with Crippen LogP contribution in [0.2, 0.25) is 0 Å². The van der Waals surface area contributed by atoms with Gasteiger partial charge in [0.25, 0.3) is 5.91 Å². The number of benzene rings is 2. The van der Waals surface area contributed by atoms with E-state index in [1.165, 1.54) is 0 Å². The quantitative estimate of drug-likeness (QED) is 0.425. The van der Waals surface area contributed by atoms with E-state index in [-0.39, 0.29) is 18.3 Å². The predicted molar refractivity (Wildman–Crippen MR) is 116 cm³/mol. The van der Waals surface area contributed by atoms with Crippen LogP contribution in [0.5, 0.6) is 11.5 Å². The Morgan fingerprint density at radius 2 is 1.84 bits per heavy atom. The van der Waals surface area contributed by atoms with Gasteiger partial charge >= 0.3 is 0 Å². The zero-order valence-electron chi connectivity index (χ0n) is 17.2. The van der Waals surface area contributed by atoms with Gasteiger partial charge in [0.2, 0.25) is 0 Å². The van der Waals surface area contributed by atoms with Gasteiger partial charge < -0.3 is 19.2 Å². The summed E-state index contributed by atoms with van der Waals surface area (Å²) in [7, 11) is 0. The normalized spacial score (nSPS) is 10.6. The van der Waals surface area contributed by atoms with Gasteiger partial charge in [-0.25, -0.2) is 0 Å². The van der Waals surface area contributed by atoms with Crippen molar-refractivity contribution < 1.29 is 18.7 Å². The number of hydrogen-bond acceptors (Lipinski definition) is 5. The molecule has 7 nitrogen and oxygen atoms in total. The number of rotatable bonds is 9. The molecule has 0 fully saturated rings.